The van der Waals surface area contributed by atoms with Gasteiger partial charge in [-0.3, -0.25) is 0 Å². The molecule has 0 saturated carbocycles. The summed E-state index contributed by atoms with van der Waals surface area (Å²) in [6, 6.07) is 13.4. The van der Waals surface area contributed by atoms with Crippen LogP contribution in [0.3, 0.4) is 0 Å². The molecule has 7 heteroatoms. The van der Waals surface area contributed by atoms with Crippen molar-refractivity contribution in [3.63, 3.8) is 0 Å². The molecule has 4 N–H and O–H groups in total. The Labute approximate surface area is 156 Å². The first-order chi connectivity index (χ1) is 13.0. The van der Waals surface area contributed by atoms with E-state index in [2.05, 4.69) is 0 Å². The van der Waals surface area contributed by atoms with Gasteiger partial charge in [-0.25, -0.2) is 4.79 Å². The highest BCUT2D eigenvalue weighted by Crippen LogP contribution is 2.33. The van der Waals surface area contributed by atoms with Gasteiger partial charge in [0.25, 0.3) is 0 Å². The molecule has 0 radical (unpaired) electrons. The Hall–Kier alpha value is -2.45. The van der Waals surface area contributed by atoms with E-state index in [1.807, 2.05) is 0 Å². The fraction of sp³-hybridized carbons (Fsp3) is 0.350. The number of carboxylic acid groups (broad SMARTS) is 1. The van der Waals surface area contributed by atoms with Gasteiger partial charge in [-0.05, 0) is 35.4 Å². The fourth-order valence-electron chi connectivity index (χ4n) is 3.09. The summed E-state index contributed by atoms with van der Waals surface area (Å²) in [5.41, 5.74) is 1.52. The monoisotopic (exact) mass is 374 g/mol. The Kier molecular flexibility index (Phi) is 6.08. The van der Waals surface area contributed by atoms with E-state index in [9.17, 15) is 20.1 Å². The molecule has 2 aromatic rings. The third kappa shape index (κ3) is 4.64. The number of aliphatic hydroxyl groups is 3. The maximum Gasteiger partial charge on any atom is 0.335 e. The van der Waals surface area contributed by atoms with Gasteiger partial charge in [-0.15, -0.1) is 0 Å². The third-order valence-electron chi connectivity index (χ3n) is 4.52. The first kappa shape index (κ1) is 19.3. The SMILES string of the molecule is O=C(O)c1cccc(COc2cccc(C3OC(CO)CC(O)C3O)c2)c1. The van der Waals surface area contributed by atoms with E-state index in [-0.39, 0.29) is 25.2 Å². The van der Waals surface area contributed by atoms with E-state index in [0.717, 1.165) is 0 Å². The summed E-state index contributed by atoms with van der Waals surface area (Å²) in [5, 5.41) is 38.6. The van der Waals surface area contributed by atoms with E-state index >= 15 is 0 Å². The van der Waals surface area contributed by atoms with Gasteiger partial charge in [0.15, 0.2) is 0 Å². The fourth-order valence-corrected chi connectivity index (χ4v) is 3.09. The van der Waals surface area contributed by atoms with Crippen molar-refractivity contribution in [2.45, 2.75) is 37.4 Å². The van der Waals surface area contributed by atoms with Gasteiger partial charge in [-0.1, -0.05) is 24.3 Å². The maximum atomic E-state index is 11.0. The van der Waals surface area contributed by atoms with Gasteiger partial charge in [0.1, 0.15) is 24.6 Å². The minimum Gasteiger partial charge on any atom is -0.489 e. The topological polar surface area (TPSA) is 116 Å². The van der Waals surface area contributed by atoms with Crippen molar-refractivity contribution in [2.75, 3.05) is 6.61 Å². The molecule has 0 amide bonds. The summed E-state index contributed by atoms with van der Waals surface area (Å²) < 4.78 is 11.4. The lowest BCUT2D eigenvalue weighted by Crippen LogP contribution is -2.44. The van der Waals surface area contributed by atoms with Crippen molar-refractivity contribution in [3.8, 4) is 5.75 Å². The lowest BCUT2D eigenvalue weighted by molar-refractivity contribution is -0.179. The highest BCUT2D eigenvalue weighted by Gasteiger charge is 2.37. The van der Waals surface area contributed by atoms with Crippen LogP contribution >= 0.6 is 0 Å². The molecule has 7 nitrogen and oxygen atoms in total. The van der Waals surface area contributed by atoms with E-state index in [4.69, 9.17) is 14.6 Å². The van der Waals surface area contributed by atoms with Crippen LogP contribution in [0.1, 0.15) is 34.0 Å². The van der Waals surface area contributed by atoms with Gasteiger partial charge in [-0.2, -0.15) is 0 Å². The number of benzene rings is 2. The largest absolute Gasteiger partial charge is 0.489 e. The molecule has 3 rings (SSSR count). The van der Waals surface area contributed by atoms with E-state index < -0.39 is 30.4 Å². The second-order valence-electron chi connectivity index (χ2n) is 6.52. The van der Waals surface area contributed by atoms with Crippen LogP contribution in [0.5, 0.6) is 5.75 Å². The van der Waals surface area contributed by atoms with Crippen molar-refractivity contribution in [1.29, 1.82) is 0 Å². The zero-order valence-corrected chi connectivity index (χ0v) is 14.6. The molecule has 0 aliphatic carbocycles. The molecule has 144 valence electrons. The molecule has 27 heavy (non-hydrogen) atoms. The van der Waals surface area contributed by atoms with Gasteiger partial charge in [0, 0.05) is 6.42 Å². The number of carbonyl (C=O) groups is 1. The molecular weight excluding hydrogens is 352 g/mol. The minimum absolute atomic E-state index is 0.171. The first-order valence-corrected chi connectivity index (χ1v) is 8.65. The second kappa shape index (κ2) is 8.49. The number of hydrogen-bond acceptors (Lipinski definition) is 6. The summed E-state index contributed by atoms with van der Waals surface area (Å²) >= 11 is 0. The molecule has 0 spiro atoms. The number of hydrogen-bond donors (Lipinski definition) is 4. The van der Waals surface area contributed by atoms with Crippen LogP contribution in [0.2, 0.25) is 0 Å². The smallest absolute Gasteiger partial charge is 0.335 e. The average molecular weight is 374 g/mol. The Morgan fingerprint density at radius 3 is 2.67 bits per heavy atom. The van der Waals surface area contributed by atoms with Crippen molar-refractivity contribution in [2.24, 2.45) is 0 Å². The quantitative estimate of drug-likeness (QED) is 0.605. The Morgan fingerprint density at radius 1 is 1.15 bits per heavy atom. The molecule has 1 aliphatic rings. The van der Waals surface area contributed by atoms with Gasteiger partial charge < -0.3 is 29.9 Å². The molecule has 0 aromatic heterocycles. The van der Waals surface area contributed by atoms with E-state index in [0.29, 0.717) is 16.9 Å². The summed E-state index contributed by atoms with van der Waals surface area (Å²) in [6.45, 7) is -0.0586. The highest BCUT2D eigenvalue weighted by molar-refractivity contribution is 5.87. The van der Waals surface area contributed by atoms with Gasteiger partial charge in [0.2, 0.25) is 0 Å². The number of ether oxygens (including phenoxy) is 2. The van der Waals surface area contributed by atoms with Crippen LogP contribution in [0.4, 0.5) is 0 Å². The lowest BCUT2D eigenvalue weighted by atomic mass is 9.93. The van der Waals surface area contributed by atoms with Crippen LogP contribution in [0.15, 0.2) is 48.5 Å². The van der Waals surface area contributed by atoms with Crippen molar-refractivity contribution in [1.82, 2.24) is 0 Å². The van der Waals surface area contributed by atoms with Gasteiger partial charge >= 0.3 is 5.97 Å². The summed E-state index contributed by atoms with van der Waals surface area (Å²) in [7, 11) is 0. The number of aliphatic hydroxyl groups excluding tert-OH is 3. The normalized spacial score (nSPS) is 25.1. The molecule has 1 saturated heterocycles. The Bertz CT molecular complexity index is 791. The van der Waals surface area contributed by atoms with E-state index in [1.165, 1.54) is 6.07 Å². The van der Waals surface area contributed by atoms with Crippen LogP contribution in [0, 0.1) is 0 Å². The predicted molar refractivity (Wildman–Crippen MR) is 95.5 cm³/mol. The minimum atomic E-state index is -1.10. The zero-order chi connectivity index (χ0) is 19.4. The first-order valence-electron chi connectivity index (χ1n) is 8.65. The molecule has 1 heterocycles. The van der Waals surface area contributed by atoms with Crippen LogP contribution in [0.25, 0.3) is 0 Å². The van der Waals surface area contributed by atoms with Crippen molar-refractivity contribution < 1.29 is 34.7 Å². The molecular formula is C20H22O7. The molecule has 1 fully saturated rings. The predicted octanol–water partition coefficient (Wildman–Crippen LogP) is 1.51. The standard InChI is InChI=1S/C20H22O7/c21-10-16-9-17(22)18(23)19(27-16)13-4-2-6-15(8-13)26-11-12-3-1-5-14(7-12)20(24)25/h1-8,16-19,21-23H,9-11H2,(H,24,25). The number of carboxylic acids is 1. The molecule has 4 unspecified atom stereocenters. The van der Waals surface area contributed by atoms with E-state index in [1.54, 1.807) is 42.5 Å². The van der Waals surface area contributed by atoms with Crippen LogP contribution < -0.4 is 4.74 Å². The summed E-state index contributed by atoms with van der Waals surface area (Å²) in [6.07, 6.45) is -3.23. The number of rotatable bonds is 6. The van der Waals surface area contributed by atoms with Crippen LogP contribution in [-0.2, 0) is 11.3 Å². The van der Waals surface area contributed by atoms with Crippen molar-refractivity contribution in [3.05, 3.63) is 65.2 Å². The Balaban J connectivity index is 1.72. The summed E-state index contributed by atoms with van der Waals surface area (Å²) in [5.74, 6) is -0.482. The zero-order valence-electron chi connectivity index (χ0n) is 14.6. The highest BCUT2D eigenvalue weighted by atomic mass is 16.5. The van der Waals surface area contributed by atoms with Crippen molar-refractivity contribution >= 4 is 5.97 Å². The summed E-state index contributed by atoms with van der Waals surface area (Å²) in [4.78, 5) is 11.0. The number of aromatic carboxylic acids is 1. The Morgan fingerprint density at radius 2 is 1.93 bits per heavy atom. The molecule has 4 atom stereocenters. The average Bonchev–Trinajstić information content (AvgIpc) is 2.68. The lowest BCUT2D eigenvalue weighted by Gasteiger charge is -2.36. The maximum absolute atomic E-state index is 11.0. The van der Waals surface area contributed by atoms with Gasteiger partial charge in [0.05, 0.1) is 24.4 Å². The molecule has 2 aromatic carbocycles. The molecule has 1 aliphatic heterocycles. The second-order valence-corrected chi connectivity index (χ2v) is 6.52. The van der Waals surface area contributed by atoms with Crippen LogP contribution in [-0.4, -0.2) is 51.3 Å². The molecule has 0 bridgehead atoms. The third-order valence-corrected chi connectivity index (χ3v) is 4.52.